The Morgan fingerprint density at radius 3 is 2.30 bits per heavy atom. The Hall–Kier alpha value is -2.13. The highest BCUT2D eigenvalue weighted by Crippen LogP contribution is 2.21. The zero-order valence-electron chi connectivity index (χ0n) is 13.5. The van der Waals surface area contributed by atoms with Crippen molar-refractivity contribution in [2.75, 3.05) is 13.1 Å². The number of benzene rings is 2. The Kier molecular flexibility index (Phi) is 5.43. The van der Waals surface area contributed by atoms with E-state index in [1.807, 2.05) is 6.07 Å². The first-order valence-electron chi connectivity index (χ1n) is 8.41. The molecular formula is C20H24N2O. The van der Waals surface area contributed by atoms with Gasteiger partial charge in [0, 0.05) is 32.6 Å². The molecule has 0 aromatic heterocycles. The van der Waals surface area contributed by atoms with Crippen LogP contribution in [0.1, 0.15) is 29.5 Å². The molecule has 1 heterocycles. The van der Waals surface area contributed by atoms with Gasteiger partial charge in [-0.15, -0.1) is 0 Å². The molecule has 1 aliphatic rings. The van der Waals surface area contributed by atoms with E-state index in [4.69, 9.17) is 0 Å². The summed E-state index contributed by atoms with van der Waals surface area (Å²) in [6, 6.07) is 18.9. The molecule has 120 valence electrons. The first kappa shape index (κ1) is 15.8. The average Bonchev–Trinajstić information content (AvgIpc) is 3.01. The minimum atomic E-state index is 0.161. The summed E-state index contributed by atoms with van der Waals surface area (Å²) in [7, 11) is 0. The molecule has 2 aromatic carbocycles. The van der Waals surface area contributed by atoms with Crippen molar-refractivity contribution in [3.8, 4) is 0 Å². The fourth-order valence-corrected chi connectivity index (χ4v) is 3.07. The predicted molar refractivity (Wildman–Crippen MR) is 92.9 cm³/mol. The van der Waals surface area contributed by atoms with E-state index in [0.717, 1.165) is 39.0 Å². The standard InChI is InChI=1S/C20H24N2O/c23-20(21-13-6-9-17-7-2-1-3-8-17)12-14-22-15-18-10-4-5-11-19(18)16-22/h1-5,7-8,10-11H,6,9,12-16H2,(H,21,23). The summed E-state index contributed by atoms with van der Waals surface area (Å²) in [5, 5.41) is 3.03. The van der Waals surface area contributed by atoms with Gasteiger partial charge in [0.2, 0.25) is 5.91 Å². The Morgan fingerprint density at radius 1 is 0.957 bits per heavy atom. The SMILES string of the molecule is O=C(CCN1Cc2ccccc2C1)NCCCc1ccccc1. The molecule has 0 aliphatic carbocycles. The summed E-state index contributed by atoms with van der Waals surface area (Å²) in [5.74, 6) is 0.161. The second kappa shape index (κ2) is 7.93. The minimum Gasteiger partial charge on any atom is -0.356 e. The van der Waals surface area contributed by atoms with Crippen molar-refractivity contribution < 1.29 is 4.79 Å². The van der Waals surface area contributed by atoms with Crippen LogP contribution in [0.2, 0.25) is 0 Å². The number of fused-ring (bicyclic) bond motifs is 1. The number of nitrogens with one attached hydrogen (secondary N) is 1. The molecule has 0 saturated carbocycles. The van der Waals surface area contributed by atoms with Gasteiger partial charge in [0.1, 0.15) is 0 Å². The summed E-state index contributed by atoms with van der Waals surface area (Å²) in [5.41, 5.74) is 4.13. The highest BCUT2D eigenvalue weighted by Gasteiger charge is 2.18. The lowest BCUT2D eigenvalue weighted by molar-refractivity contribution is -0.121. The number of aryl methyl sites for hydroxylation is 1. The van der Waals surface area contributed by atoms with Crippen LogP contribution >= 0.6 is 0 Å². The zero-order chi connectivity index (χ0) is 15.9. The van der Waals surface area contributed by atoms with Crippen LogP contribution in [-0.2, 0) is 24.3 Å². The highest BCUT2D eigenvalue weighted by molar-refractivity contribution is 5.76. The van der Waals surface area contributed by atoms with Crippen LogP contribution in [0.4, 0.5) is 0 Å². The van der Waals surface area contributed by atoms with Gasteiger partial charge in [-0.05, 0) is 29.5 Å². The van der Waals surface area contributed by atoms with Crippen molar-refractivity contribution in [2.45, 2.75) is 32.4 Å². The molecule has 1 N–H and O–H groups in total. The summed E-state index contributed by atoms with van der Waals surface area (Å²) < 4.78 is 0. The molecule has 0 atom stereocenters. The third-order valence-corrected chi connectivity index (χ3v) is 4.37. The third kappa shape index (κ3) is 4.67. The smallest absolute Gasteiger partial charge is 0.221 e. The van der Waals surface area contributed by atoms with Gasteiger partial charge >= 0.3 is 0 Å². The molecule has 0 bridgehead atoms. The van der Waals surface area contributed by atoms with Crippen LogP contribution in [-0.4, -0.2) is 23.9 Å². The number of nitrogens with zero attached hydrogens (tertiary/aromatic N) is 1. The van der Waals surface area contributed by atoms with Crippen LogP contribution in [0.3, 0.4) is 0 Å². The molecule has 0 saturated heterocycles. The molecule has 1 amide bonds. The Balaban J connectivity index is 1.30. The van der Waals surface area contributed by atoms with E-state index in [-0.39, 0.29) is 5.91 Å². The molecule has 2 aromatic rings. The lowest BCUT2D eigenvalue weighted by Gasteiger charge is -2.14. The van der Waals surface area contributed by atoms with Crippen molar-refractivity contribution in [1.82, 2.24) is 10.2 Å². The predicted octanol–water partition coefficient (Wildman–Crippen LogP) is 3.14. The number of hydrogen-bond donors (Lipinski definition) is 1. The first-order valence-corrected chi connectivity index (χ1v) is 8.41. The van der Waals surface area contributed by atoms with Crippen molar-refractivity contribution in [3.05, 3.63) is 71.3 Å². The van der Waals surface area contributed by atoms with Crippen molar-refractivity contribution >= 4 is 5.91 Å². The second-order valence-electron chi connectivity index (χ2n) is 6.17. The maximum absolute atomic E-state index is 11.9. The third-order valence-electron chi connectivity index (χ3n) is 4.37. The molecular weight excluding hydrogens is 284 g/mol. The van der Waals surface area contributed by atoms with Gasteiger partial charge in [-0.2, -0.15) is 0 Å². The van der Waals surface area contributed by atoms with Crippen molar-refractivity contribution in [3.63, 3.8) is 0 Å². The lowest BCUT2D eigenvalue weighted by atomic mass is 10.1. The number of amides is 1. The molecule has 23 heavy (non-hydrogen) atoms. The molecule has 1 aliphatic heterocycles. The van der Waals surface area contributed by atoms with Crippen LogP contribution in [0.25, 0.3) is 0 Å². The van der Waals surface area contributed by atoms with E-state index in [9.17, 15) is 4.79 Å². The summed E-state index contributed by atoms with van der Waals surface area (Å²) in [4.78, 5) is 14.3. The van der Waals surface area contributed by atoms with E-state index in [2.05, 4.69) is 58.7 Å². The van der Waals surface area contributed by atoms with Crippen molar-refractivity contribution in [1.29, 1.82) is 0 Å². The fourth-order valence-electron chi connectivity index (χ4n) is 3.07. The van der Waals surface area contributed by atoms with Crippen LogP contribution < -0.4 is 5.32 Å². The maximum atomic E-state index is 11.9. The zero-order valence-corrected chi connectivity index (χ0v) is 13.5. The van der Waals surface area contributed by atoms with E-state index in [1.54, 1.807) is 0 Å². The lowest BCUT2D eigenvalue weighted by Crippen LogP contribution is -2.29. The normalized spacial score (nSPS) is 13.7. The Bertz CT molecular complexity index is 614. The van der Waals surface area contributed by atoms with Gasteiger partial charge in [0.25, 0.3) is 0 Å². The van der Waals surface area contributed by atoms with Crippen LogP contribution in [0, 0.1) is 0 Å². The van der Waals surface area contributed by atoms with Crippen LogP contribution in [0.5, 0.6) is 0 Å². The number of hydrogen-bond acceptors (Lipinski definition) is 2. The van der Waals surface area contributed by atoms with Crippen molar-refractivity contribution in [2.24, 2.45) is 0 Å². The van der Waals surface area contributed by atoms with E-state index < -0.39 is 0 Å². The van der Waals surface area contributed by atoms with Gasteiger partial charge in [-0.25, -0.2) is 0 Å². The molecule has 3 nitrogen and oxygen atoms in total. The second-order valence-corrected chi connectivity index (χ2v) is 6.17. The van der Waals surface area contributed by atoms with Gasteiger partial charge in [-0.3, -0.25) is 9.69 Å². The minimum absolute atomic E-state index is 0.161. The summed E-state index contributed by atoms with van der Waals surface area (Å²) in [6.07, 6.45) is 2.59. The van der Waals surface area contributed by atoms with E-state index in [0.29, 0.717) is 6.42 Å². The Labute approximate surface area is 138 Å². The summed E-state index contributed by atoms with van der Waals surface area (Å²) in [6.45, 7) is 3.53. The highest BCUT2D eigenvalue weighted by atomic mass is 16.1. The molecule has 0 unspecified atom stereocenters. The molecule has 3 heteroatoms. The maximum Gasteiger partial charge on any atom is 0.221 e. The molecule has 0 spiro atoms. The average molecular weight is 308 g/mol. The molecule has 0 fully saturated rings. The van der Waals surface area contributed by atoms with E-state index in [1.165, 1.54) is 16.7 Å². The first-order chi connectivity index (χ1) is 11.3. The van der Waals surface area contributed by atoms with Crippen LogP contribution in [0.15, 0.2) is 54.6 Å². The summed E-state index contributed by atoms with van der Waals surface area (Å²) >= 11 is 0. The van der Waals surface area contributed by atoms with E-state index >= 15 is 0 Å². The topological polar surface area (TPSA) is 32.3 Å². The van der Waals surface area contributed by atoms with Gasteiger partial charge in [0.15, 0.2) is 0 Å². The monoisotopic (exact) mass is 308 g/mol. The van der Waals surface area contributed by atoms with Gasteiger partial charge < -0.3 is 5.32 Å². The fraction of sp³-hybridized carbons (Fsp3) is 0.350. The number of rotatable bonds is 7. The number of carbonyl (C=O) groups is 1. The Morgan fingerprint density at radius 2 is 1.61 bits per heavy atom. The molecule has 0 radical (unpaired) electrons. The number of carbonyl (C=O) groups excluding carboxylic acids is 1. The largest absolute Gasteiger partial charge is 0.356 e. The quantitative estimate of drug-likeness (QED) is 0.797. The van der Waals surface area contributed by atoms with Gasteiger partial charge in [0.05, 0.1) is 0 Å². The molecule has 3 rings (SSSR count). The van der Waals surface area contributed by atoms with Gasteiger partial charge in [-0.1, -0.05) is 54.6 Å².